The number of nitrogens with zero attached hydrogens (tertiary/aromatic N) is 2. The molecule has 5 heteroatoms. The molecule has 0 radical (unpaired) electrons. The van der Waals surface area contributed by atoms with Gasteiger partial charge in [-0.3, -0.25) is 0 Å². The molecular weight excluding hydrogens is 291 g/mol. The number of nitrogens with two attached hydrogens (primary N) is 1. The van der Waals surface area contributed by atoms with Crippen LogP contribution in [-0.4, -0.2) is 22.6 Å². The number of anilines is 1. The smallest absolute Gasteiger partial charge is 0.143 e. The van der Waals surface area contributed by atoms with Gasteiger partial charge in [0, 0.05) is 12.2 Å². The third-order valence-electron chi connectivity index (χ3n) is 1.89. The van der Waals surface area contributed by atoms with E-state index in [-0.39, 0.29) is 0 Å². The SMILES string of the molecule is CC(CCCN)Nc1ncncc1I. The number of hydrogen-bond donors (Lipinski definition) is 2. The van der Waals surface area contributed by atoms with Crippen molar-refractivity contribution in [3.8, 4) is 0 Å². The van der Waals surface area contributed by atoms with Gasteiger partial charge in [0.1, 0.15) is 12.1 Å². The third-order valence-corrected chi connectivity index (χ3v) is 2.68. The van der Waals surface area contributed by atoms with Crippen molar-refractivity contribution in [3.05, 3.63) is 16.1 Å². The second kappa shape index (κ2) is 6.13. The van der Waals surface area contributed by atoms with Crippen LogP contribution in [0.2, 0.25) is 0 Å². The second-order valence-electron chi connectivity index (χ2n) is 3.20. The largest absolute Gasteiger partial charge is 0.367 e. The monoisotopic (exact) mass is 306 g/mol. The molecule has 0 fully saturated rings. The molecule has 0 saturated carbocycles. The van der Waals surface area contributed by atoms with E-state index in [1.807, 2.05) is 0 Å². The van der Waals surface area contributed by atoms with E-state index in [9.17, 15) is 0 Å². The Morgan fingerprint density at radius 1 is 1.64 bits per heavy atom. The van der Waals surface area contributed by atoms with Gasteiger partial charge < -0.3 is 11.1 Å². The molecule has 1 aromatic heterocycles. The van der Waals surface area contributed by atoms with Gasteiger partial charge in [0.05, 0.1) is 3.57 Å². The predicted octanol–water partition coefficient (Wildman–Crippen LogP) is 1.62. The number of aromatic nitrogens is 2. The van der Waals surface area contributed by atoms with Crippen LogP contribution in [0.1, 0.15) is 19.8 Å². The lowest BCUT2D eigenvalue weighted by Gasteiger charge is -2.14. The summed E-state index contributed by atoms with van der Waals surface area (Å²) in [7, 11) is 0. The highest BCUT2D eigenvalue weighted by Gasteiger charge is 2.04. The summed E-state index contributed by atoms with van der Waals surface area (Å²) in [4.78, 5) is 8.10. The molecule has 4 nitrogen and oxygen atoms in total. The summed E-state index contributed by atoms with van der Waals surface area (Å²) in [6.45, 7) is 2.88. The number of halogens is 1. The molecule has 1 atom stereocenters. The quantitative estimate of drug-likeness (QED) is 0.812. The van der Waals surface area contributed by atoms with E-state index in [0.29, 0.717) is 6.04 Å². The lowest BCUT2D eigenvalue weighted by molar-refractivity contribution is 0.660. The van der Waals surface area contributed by atoms with Crippen LogP contribution in [0.5, 0.6) is 0 Å². The lowest BCUT2D eigenvalue weighted by Crippen LogP contribution is -2.18. The molecule has 0 bridgehead atoms. The van der Waals surface area contributed by atoms with E-state index in [2.05, 4.69) is 44.8 Å². The van der Waals surface area contributed by atoms with Gasteiger partial charge in [-0.05, 0) is 48.9 Å². The molecule has 1 aromatic rings. The normalized spacial score (nSPS) is 12.5. The minimum absolute atomic E-state index is 0.405. The molecule has 1 rings (SSSR count). The summed E-state index contributed by atoms with van der Waals surface area (Å²) < 4.78 is 1.05. The molecule has 0 aliphatic carbocycles. The molecule has 0 saturated heterocycles. The fourth-order valence-electron chi connectivity index (χ4n) is 1.15. The van der Waals surface area contributed by atoms with Gasteiger partial charge in [-0.2, -0.15) is 0 Å². The zero-order valence-corrected chi connectivity index (χ0v) is 10.4. The van der Waals surface area contributed by atoms with Gasteiger partial charge in [-0.25, -0.2) is 9.97 Å². The minimum Gasteiger partial charge on any atom is -0.367 e. The van der Waals surface area contributed by atoms with Crippen molar-refractivity contribution < 1.29 is 0 Å². The highest BCUT2D eigenvalue weighted by Crippen LogP contribution is 2.14. The van der Waals surface area contributed by atoms with Crippen molar-refractivity contribution in [1.82, 2.24) is 9.97 Å². The average Bonchev–Trinajstić information content (AvgIpc) is 2.18. The van der Waals surface area contributed by atoms with Crippen molar-refractivity contribution in [1.29, 1.82) is 0 Å². The Labute approximate surface area is 97.8 Å². The number of rotatable bonds is 5. The fourth-order valence-corrected chi connectivity index (χ4v) is 1.60. The first-order valence-electron chi connectivity index (χ1n) is 4.66. The lowest BCUT2D eigenvalue weighted by atomic mass is 10.2. The predicted molar refractivity (Wildman–Crippen MR) is 66.1 cm³/mol. The van der Waals surface area contributed by atoms with Crippen LogP contribution >= 0.6 is 22.6 Å². The highest BCUT2D eigenvalue weighted by molar-refractivity contribution is 14.1. The molecule has 1 unspecified atom stereocenters. The summed E-state index contributed by atoms with van der Waals surface area (Å²) in [5.74, 6) is 0.908. The first kappa shape index (κ1) is 11.6. The second-order valence-corrected chi connectivity index (χ2v) is 4.36. The van der Waals surface area contributed by atoms with Crippen LogP contribution < -0.4 is 11.1 Å². The number of hydrogen-bond acceptors (Lipinski definition) is 4. The van der Waals surface area contributed by atoms with E-state index in [4.69, 9.17) is 5.73 Å². The highest BCUT2D eigenvalue weighted by atomic mass is 127. The Balaban J connectivity index is 2.47. The standard InChI is InChI=1S/C9H15IN4/c1-7(3-2-4-11)14-9-8(10)5-12-6-13-9/h5-7H,2-4,11H2,1H3,(H,12,13,14). The van der Waals surface area contributed by atoms with Crippen molar-refractivity contribution in [2.24, 2.45) is 5.73 Å². The van der Waals surface area contributed by atoms with Crippen molar-refractivity contribution in [2.75, 3.05) is 11.9 Å². The summed E-state index contributed by atoms with van der Waals surface area (Å²) in [6.07, 6.45) is 5.46. The Morgan fingerprint density at radius 3 is 3.07 bits per heavy atom. The summed E-state index contributed by atoms with van der Waals surface area (Å²) >= 11 is 2.22. The Bertz CT molecular complexity index is 279. The molecule has 0 aliphatic heterocycles. The van der Waals surface area contributed by atoms with Gasteiger partial charge in [0.25, 0.3) is 0 Å². The maximum atomic E-state index is 5.45. The molecule has 0 spiro atoms. The molecule has 14 heavy (non-hydrogen) atoms. The molecular formula is C9H15IN4. The van der Waals surface area contributed by atoms with Crippen LogP contribution in [0.3, 0.4) is 0 Å². The molecule has 3 N–H and O–H groups in total. The van der Waals surface area contributed by atoms with E-state index >= 15 is 0 Å². The Kier molecular flexibility index (Phi) is 5.10. The summed E-state index contributed by atoms with van der Waals surface area (Å²) in [6, 6.07) is 0.405. The molecule has 78 valence electrons. The minimum atomic E-state index is 0.405. The van der Waals surface area contributed by atoms with E-state index in [0.717, 1.165) is 28.8 Å². The molecule has 0 aliphatic rings. The van der Waals surface area contributed by atoms with E-state index in [1.165, 1.54) is 0 Å². The van der Waals surface area contributed by atoms with Gasteiger partial charge in [0.15, 0.2) is 0 Å². The topological polar surface area (TPSA) is 63.8 Å². The van der Waals surface area contributed by atoms with E-state index in [1.54, 1.807) is 12.5 Å². The summed E-state index contributed by atoms with van der Waals surface area (Å²) in [5, 5.41) is 3.33. The third kappa shape index (κ3) is 3.75. The van der Waals surface area contributed by atoms with Crippen LogP contribution in [0.4, 0.5) is 5.82 Å². The van der Waals surface area contributed by atoms with Crippen molar-refractivity contribution in [2.45, 2.75) is 25.8 Å². The summed E-state index contributed by atoms with van der Waals surface area (Å²) in [5.41, 5.74) is 5.45. The Morgan fingerprint density at radius 2 is 2.43 bits per heavy atom. The van der Waals surface area contributed by atoms with Crippen LogP contribution in [-0.2, 0) is 0 Å². The maximum absolute atomic E-state index is 5.45. The van der Waals surface area contributed by atoms with Gasteiger partial charge in [-0.1, -0.05) is 0 Å². The molecule has 1 heterocycles. The first-order chi connectivity index (χ1) is 6.74. The molecule has 0 amide bonds. The van der Waals surface area contributed by atoms with Crippen LogP contribution in [0.15, 0.2) is 12.5 Å². The van der Waals surface area contributed by atoms with Gasteiger partial charge in [-0.15, -0.1) is 0 Å². The number of nitrogens with one attached hydrogen (secondary N) is 1. The molecule has 0 aromatic carbocycles. The van der Waals surface area contributed by atoms with Crippen LogP contribution in [0, 0.1) is 3.57 Å². The Hall–Kier alpha value is -0.430. The van der Waals surface area contributed by atoms with Crippen molar-refractivity contribution >= 4 is 28.4 Å². The van der Waals surface area contributed by atoms with Gasteiger partial charge >= 0.3 is 0 Å². The van der Waals surface area contributed by atoms with Crippen LogP contribution in [0.25, 0.3) is 0 Å². The fraction of sp³-hybridized carbons (Fsp3) is 0.556. The van der Waals surface area contributed by atoms with E-state index < -0.39 is 0 Å². The zero-order chi connectivity index (χ0) is 10.4. The van der Waals surface area contributed by atoms with Gasteiger partial charge in [0.2, 0.25) is 0 Å². The zero-order valence-electron chi connectivity index (χ0n) is 8.20. The van der Waals surface area contributed by atoms with Crippen molar-refractivity contribution in [3.63, 3.8) is 0 Å². The maximum Gasteiger partial charge on any atom is 0.143 e. The first-order valence-corrected chi connectivity index (χ1v) is 5.74. The average molecular weight is 306 g/mol.